The van der Waals surface area contributed by atoms with Crippen molar-refractivity contribution < 1.29 is 23.8 Å². The third kappa shape index (κ3) is 5.18. The number of nitrogens with one attached hydrogen (secondary N) is 1. The van der Waals surface area contributed by atoms with Crippen LogP contribution in [0.2, 0.25) is 0 Å². The van der Waals surface area contributed by atoms with Crippen molar-refractivity contribution in [2.75, 3.05) is 33.1 Å². The second-order valence-corrected chi connectivity index (χ2v) is 11.2. The number of rotatable bonds is 8. The predicted molar refractivity (Wildman–Crippen MR) is 150 cm³/mol. The second kappa shape index (κ2) is 10.6. The number of nitrogens with zero attached hydrogens (tertiary/aromatic N) is 4. The molecule has 0 aromatic carbocycles. The lowest BCUT2D eigenvalue weighted by Crippen LogP contribution is -2.43. The van der Waals surface area contributed by atoms with Gasteiger partial charge in [-0.3, -0.25) is 4.79 Å². The molecule has 1 aliphatic heterocycles. The Hall–Kier alpha value is -3.83. The molecule has 11 heteroatoms. The van der Waals surface area contributed by atoms with Gasteiger partial charge in [0.05, 0.1) is 28.8 Å². The van der Waals surface area contributed by atoms with Crippen LogP contribution in [0.5, 0.6) is 5.88 Å². The summed E-state index contributed by atoms with van der Waals surface area (Å²) in [6, 6.07) is 5.34. The van der Waals surface area contributed by atoms with Crippen LogP contribution >= 0.6 is 0 Å². The molecule has 4 heterocycles. The third-order valence-corrected chi connectivity index (χ3v) is 7.79. The Balaban J connectivity index is 1.46. The number of pyridine rings is 3. The molecular weight excluding hydrogens is 512 g/mol. The number of carbonyl (C=O) groups excluding carboxylic acids is 2. The molecule has 3 aromatic heterocycles. The number of fused-ring (bicyclic) bond motifs is 2. The smallest absolute Gasteiger partial charge is 0.340 e. The van der Waals surface area contributed by atoms with Crippen LogP contribution in [0.25, 0.3) is 10.8 Å². The molecule has 3 aromatic rings. The summed E-state index contributed by atoms with van der Waals surface area (Å²) in [6.45, 7) is 6.02. The van der Waals surface area contributed by atoms with Gasteiger partial charge in [-0.15, -0.1) is 0 Å². The lowest BCUT2D eigenvalue weighted by Gasteiger charge is -2.35. The minimum atomic E-state index is -0.827. The highest BCUT2D eigenvalue weighted by Crippen LogP contribution is 2.37. The van der Waals surface area contributed by atoms with Crippen molar-refractivity contribution in [1.29, 1.82) is 0 Å². The molecule has 1 aliphatic carbocycles. The first-order valence-electron chi connectivity index (χ1n) is 13.4. The number of cyclic esters (lactones) is 1. The van der Waals surface area contributed by atoms with Crippen molar-refractivity contribution in [3.8, 4) is 5.88 Å². The summed E-state index contributed by atoms with van der Waals surface area (Å²) >= 11 is 0. The standard InChI is InChI=1S/C29H36N6O5/c1-15-16(2)39-28(37)19-7-8-23(34-25(15)19)33-24-11-20-21(12-31-24)26(32-13-22(20)29(3,30)14-38-6)40-18-9-17(10-18)27(36)35(4)5/h7-8,11-13,15-18H,9-10,14,30H2,1-6H3,(H,31,33,34)/t15-,16-,17-,18-,29?/m0/s1. The van der Waals surface area contributed by atoms with Crippen LogP contribution in [0.15, 0.2) is 30.6 Å². The van der Waals surface area contributed by atoms with E-state index in [4.69, 9.17) is 24.9 Å². The molecule has 1 saturated carbocycles. The Bertz CT molecular complexity index is 1450. The van der Waals surface area contributed by atoms with Crippen molar-refractivity contribution in [1.82, 2.24) is 19.9 Å². The van der Waals surface area contributed by atoms with Crippen LogP contribution in [0.1, 0.15) is 61.1 Å². The molecule has 1 unspecified atom stereocenters. The average Bonchev–Trinajstić information content (AvgIpc) is 2.88. The molecule has 212 valence electrons. The maximum Gasteiger partial charge on any atom is 0.340 e. The van der Waals surface area contributed by atoms with Gasteiger partial charge in [-0.1, -0.05) is 6.92 Å². The summed E-state index contributed by atoms with van der Waals surface area (Å²) in [5.41, 5.74) is 7.77. The summed E-state index contributed by atoms with van der Waals surface area (Å²) in [6.07, 6.45) is 4.34. The van der Waals surface area contributed by atoms with Gasteiger partial charge in [-0.25, -0.2) is 19.7 Å². The molecular formula is C29H36N6O5. The van der Waals surface area contributed by atoms with E-state index in [1.165, 1.54) is 0 Å². The van der Waals surface area contributed by atoms with Crippen molar-refractivity contribution >= 4 is 34.3 Å². The zero-order valence-electron chi connectivity index (χ0n) is 23.7. The van der Waals surface area contributed by atoms with Crippen molar-refractivity contribution in [3.63, 3.8) is 0 Å². The molecule has 0 radical (unpaired) electrons. The Morgan fingerprint density at radius 1 is 1.18 bits per heavy atom. The van der Waals surface area contributed by atoms with Gasteiger partial charge in [0, 0.05) is 51.0 Å². The molecule has 3 atom stereocenters. The highest BCUT2D eigenvalue weighted by molar-refractivity contribution is 5.93. The Morgan fingerprint density at radius 3 is 2.62 bits per heavy atom. The molecule has 1 amide bonds. The molecule has 11 nitrogen and oxygen atoms in total. The van der Waals surface area contributed by atoms with E-state index in [-0.39, 0.29) is 42.5 Å². The zero-order valence-corrected chi connectivity index (χ0v) is 23.7. The zero-order chi connectivity index (χ0) is 28.8. The number of nitrogens with two attached hydrogens (primary N) is 1. The fraction of sp³-hybridized carbons (Fsp3) is 0.483. The molecule has 5 rings (SSSR count). The van der Waals surface area contributed by atoms with Crippen LogP contribution in [-0.4, -0.2) is 71.7 Å². The number of esters is 1. The maximum absolute atomic E-state index is 12.3. The summed E-state index contributed by atoms with van der Waals surface area (Å²) in [5.74, 6) is 1.22. The molecule has 1 fully saturated rings. The first-order chi connectivity index (χ1) is 19.0. The van der Waals surface area contributed by atoms with Crippen molar-refractivity contribution in [2.45, 2.75) is 57.3 Å². The normalized spacial score (nSPS) is 23.4. The van der Waals surface area contributed by atoms with Gasteiger partial charge in [0.1, 0.15) is 23.8 Å². The van der Waals surface area contributed by atoms with E-state index in [0.717, 1.165) is 10.9 Å². The number of hydrogen-bond donors (Lipinski definition) is 2. The van der Waals surface area contributed by atoms with E-state index in [1.54, 1.807) is 50.6 Å². The molecule has 3 N–H and O–H groups in total. The fourth-order valence-electron chi connectivity index (χ4n) is 5.24. The van der Waals surface area contributed by atoms with E-state index in [2.05, 4.69) is 15.3 Å². The van der Waals surface area contributed by atoms with Gasteiger partial charge in [0.2, 0.25) is 11.8 Å². The van der Waals surface area contributed by atoms with Gasteiger partial charge in [0.25, 0.3) is 0 Å². The van der Waals surface area contributed by atoms with Crippen LogP contribution in [0, 0.1) is 5.92 Å². The van der Waals surface area contributed by atoms with Crippen molar-refractivity contribution in [2.24, 2.45) is 11.7 Å². The molecule has 0 saturated heterocycles. The summed E-state index contributed by atoms with van der Waals surface area (Å²) < 4.78 is 17.0. The van der Waals surface area contributed by atoms with E-state index < -0.39 is 5.54 Å². The maximum atomic E-state index is 12.3. The van der Waals surface area contributed by atoms with E-state index in [1.807, 2.05) is 26.8 Å². The quantitative estimate of drug-likeness (QED) is 0.402. The third-order valence-electron chi connectivity index (χ3n) is 7.79. The number of carbonyl (C=O) groups is 2. The van der Waals surface area contributed by atoms with Gasteiger partial charge < -0.3 is 30.2 Å². The SMILES string of the molecule is COCC(C)(N)c1cnc(O[C@H]2C[C@H](C(=O)N(C)C)C2)c2cnc(Nc3ccc4c(n3)[C@@H](C)[C@H](C)OC4=O)cc12. The van der Waals surface area contributed by atoms with Gasteiger partial charge in [0.15, 0.2) is 0 Å². The largest absolute Gasteiger partial charge is 0.474 e. The number of aromatic nitrogens is 3. The highest BCUT2D eigenvalue weighted by atomic mass is 16.5. The van der Waals surface area contributed by atoms with Crippen molar-refractivity contribution in [3.05, 3.63) is 47.4 Å². The summed E-state index contributed by atoms with van der Waals surface area (Å²) in [4.78, 5) is 40.1. The summed E-state index contributed by atoms with van der Waals surface area (Å²) in [5, 5.41) is 4.79. The highest BCUT2D eigenvalue weighted by Gasteiger charge is 2.38. The molecule has 2 aliphatic rings. The minimum Gasteiger partial charge on any atom is -0.474 e. The van der Waals surface area contributed by atoms with Gasteiger partial charge in [-0.05, 0) is 50.3 Å². The van der Waals surface area contributed by atoms with Crippen LogP contribution in [0.3, 0.4) is 0 Å². The molecule has 40 heavy (non-hydrogen) atoms. The first kappa shape index (κ1) is 27.7. The Morgan fingerprint density at radius 2 is 1.93 bits per heavy atom. The fourth-order valence-corrected chi connectivity index (χ4v) is 5.24. The topological polar surface area (TPSA) is 142 Å². The second-order valence-electron chi connectivity index (χ2n) is 11.2. The van der Waals surface area contributed by atoms with Gasteiger partial charge in [-0.2, -0.15) is 0 Å². The number of methoxy groups -OCH3 is 1. The predicted octanol–water partition coefficient (Wildman–Crippen LogP) is 3.50. The number of hydrogen-bond acceptors (Lipinski definition) is 10. The molecule has 0 bridgehead atoms. The molecule has 0 spiro atoms. The van der Waals surface area contributed by atoms with Crippen LogP contribution in [-0.2, 0) is 19.8 Å². The number of amides is 1. The summed E-state index contributed by atoms with van der Waals surface area (Å²) in [7, 11) is 5.13. The lowest BCUT2D eigenvalue weighted by atomic mass is 9.81. The van der Waals surface area contributed by atoms with Crippen LogP contribution in [0.4, 0.5) is 11.6 Å². The average molecular weight is 549 g/mol. The Labute approximate surface area is 233 Å². The Kier molecular flexibility index (Phi) is 7.36. The van der Waals surface area contributed by atoms with E-state index >= 15 is 0 Å². The first-order valence-corrected chi connectivity index (χ1v) is 13.4. The van der Waals surface area contributed by atoms with E-state index in [9.17, 15) is 9.59 Å². The minimum absolute atomic E-state index is 0.0369. The van der Waals surface area contributed by atoms with Crippen LogP contribution < -0.4 is 15.8 Å². The number of anilines is 2. The lowest BCUT2D eigenvalue weighted by molar-refractivity contribution is -0.138. The monoisotopic (exact) mass is 548 g/mol. The van der Waals surface area contributed by atoms with Gasteiger partial charge >= 0.3 is 5.97 Å². The number of ether oxygens (including phenoxy) is 3. The van der Waals surface area contributed by atoms with E-state index in [0.29, 0.717) is 47.0 Å².